The molecule has 0 aliphatic rings. The van der Waals surface area contributed by atoms with Crippen LogP contribution in [0.4, 0.5) is 8.78 Å². The van der Waals surface area contributed by atoms with E-state index in [1.807, 2.05) is 11.4 Å². The van der Waals surface area contributed by atoms with Gasteiger partial charge in [-0.05, 0) is 17.9 Å². The molecule has 0 saturated heterocycles. The van der Waals surface area contributed by atoms with Crippen molar-refractivity contribution in [2.45, 2.75) is 18.8 Å². The molecule has 0 nitrogen and oxygen atoms in total. The van der Waals surface area contributed by atoms with Crippen molar-refractivity contribution in [1.82, 2.24) is 0 Å². The molecule has 0 spiro atoms. The minimum absolute atomic E-state index is 0.498. The van der Waals surface area contributed by atoms with Crippen molar-refractivity contribution < 1.29 is 8.78 Å². The van der Waals surface area contributed by atoms with E-state index in [-0.39, 0.29) is 0 Å². The number of halogens is 3. The predicted octanol–water partition coefficient (Wildman–Crippen LogP) is 3.88. The van der Waals surface area contributed by atoms with Crippen LogP contribution >= 0.6 is 27.3 Å². The van der Waals surface area contributed by atoms with Gasteiger partial charge in [-0.1, -0.05) is 22.0 Å². The first-order valence-electron chi connectivity index (χ1n) is 3.63. The maximum Gasteiger partial charge on any atom is 0.246 e. The highest BCUT2D eigenvalue weighted by atomic mass is 79.9. The molecular weight excluding hydrogens is 246 g/mol. The van der Waals surface area contributed by atoms with Crippen molar-refractivity contribution in [1.29, 1.82) is 0 Å². The van der Waals surface area contributed by atoms with E-state index < -0.39 is 12.3 Å². The predicted molar refractivity (Wildman–Crippen MR) is 51.5 cm³/mol. The van der Waals surface area contributed by atoms with E-state index in [2.05, 4.69) is 15.9 Å². The fraction of sp³-hybridized carbons (Fsp3) is 0.500. The van der Waals surface area contributed by atoms with Gasteiger partial charge in [0.2, 0.25) is 6.43 Å². The molecule has 0 aromatic carbocycles. The van der Waals surface area contributed by atoms with Gasteiger partial charge in [-0.25, -0.2) is 8.78 Å². The lowest BCUT2D eigenvalue weighted by molar-refractivity contribution is 0.114. The van der Waals surface area contributed by atoms with E-state index in [4.69, 9.17) is 0 Å². The van der Waals surface area contributed by atoms with Gasteiger partial charge in [0, 0.05) is 10.2 Å². The molecule has 0 bridgehead atoms. The molecule has 4 heteroatoms. The third-order valence-electron chi connectivity index (χ3n) is 1.63. The zero-order valence-electron chi connectivity index (χ0n) is 6.34. The molecule has 0 aliphatic carbocycles. The Morgan fingerprint density at radius 2 is 2.25 bits per heavy atom. The highest BCUT2D eigenvalue weighted by Crippen LogP contribution is 2.30. The van der Waals surface area contributed by atoms with Crippen LogP contribution in [0.1, 0.15) is 17.2 Å². The first-order chi connectivity index (χ1) is 5.75. The minimum Gasteiger partial charge on any atom is -0.210 e. The molecule has 0 amide bonds. The van der Waals surface area contributed by atoms with Crippen LogP contribution in [0.15, 0.2) is 17.5 Å². The summed E-state index contributed by atoms with van der Waals surface area (Å²) < 4.78 is 24.9. The molecule has 1 aromatic rings. The Kier molecular flexibility index (Phi) is 4.15. The van der Waals surface area contributed by atoms with Crippen LogP contribution in [0.2, 0.25) is 0 Å². The highest BCUT2D eigenvalue weighted by molar-refractivity contribution is 9.09. The monoisotopic (exact) mass is 254 g/mol. The summed E-state index contributed by atoms with van der Waals surface area (Å²) in [6.07, 6.45) is -1.75. The molecule has 12 heavy (non-hydrogen) atoms. The zero-order valence-corrected chi connectivity index (χ0v) is 8.75. The average molecular weight is 255 g/mol. The lowest BCUT2D eigenvalue weighted by Gasteiger charge is -2.11. The quantitative estimate of drug-likeness (QED) is 0.716. The Hall–Kier alpha value is 0.0400. The summed E-state index contributed by atoms with van der Waals surface area (Å²) in [6, 6.07) is 3.58. The van der Waals surface area contributed by atoms with E-state index in [1.165, 1.54) is 11.3 Å². The van der Waals surface area contributed by atoms with Gasteiger partial charge in [-0.3, -0.25) is 0 Å². The summed E-state index contributed by atoms with van der Waals surface area (Å²) in [5, 5.41) is 2.46. The van der Waals surface area contributed by atoms with Crippen molar-refractivity contribution in [3.8, 4) is 0 Å². The second-order valence-corrected chi connectivity index (χ2v) is 4.21. The molecule has 0 N–H and O–H groups in total. The molecule has 1 unspecified atom stereocenters. The Balaban J connectivity index is 2.66. The lowest BCUT2D eigenvalue weighted by Crippen LogP contribution is -2.07. The van der Waals surface area contributed by atoms with Gasteiger partial charge in [0.1, 0.15) is 0 Å². The third kappa shape index (κ3) is 2.52. The van der Waals surface area contributed by atoms with Gasteiger partial charge in [-0.15, -0.1) is 11.3 Å². The van der Waals surface area contributed by atoms with Crippen molar-refractivity contribution in [3.05, 3.63) is 22.4 Å². The van der Waals surface area contributed by atoms with E-state index in [1.54, 1.807) is 6.07 Å². The topological polar surface area (TPSA) is 0 Å². The van der Waals surface area contributed by atoms with Crippen LogP contribution in [0, 0.1) is 0 Å². The minimum atomic E-state index is -2.25. The van der Waals surface area contributed by atoms with Gasteiger partial charge >= 0.3 is 0 Å². The fourth-order valence-electron chi connectivity index (χ4n) is 1.01. The summed E-state index contributed by atoms with van der Waals surface area (Å²) in [5.74, 6) is -0.593. The van der Waals surface area contributed by atoms with Crippen LogP contribution < -0.4 is 0 Å². The molecule has 0 saturated carbocycles. The van der Waals surface area contributed by atoms with Gasteiger partial charge in [-0.2, -0.15) is 0 Å². The van der Waals surface area contributed by atoms with Crippen LogP contribution in [0.25, 0.3) is 0 Å². The SMILES string of the molecule is FC(F)C(CCBr)c1cccs1. The largest absolute Gasteiger partial charge is 0.246 e. The molecule has 1 heterocycles. The second kappa shape index (κ2) is 4.92. The third-order valence-corrected chi connectivity index (χ3v) is 3.09. The average Bonchev–Trinajstić information content (AvgIpc) is 2.51. The standard InChI is InChI=1S/C8H9BrF2S/c9-4-3-6(8(10)11)7-2-1-5-12-7/h1-2,5-6,8H,3-4H2. The molecule has 0 aliphatic heterocycles. The first kappa shape index (κ1) is 10.1. The number of rotatable bonds is 4. The van der Waals surface area contributed by atoms with Crippen LogP contribution in [-0.4, -0.2) is 11.8 Å². The molecule has 1 aromatic heterocycles. The summed E-state index contributed by atoms with van der Waals surface area (Å²) in [4.78, 5) is 0.782. The Labute approximate surface area is 82.7 Å². The molecular formula is C8H9BrF2S. The highest BCUT2D eigenvalue weighted by Gasteiger charge is 2.22. The summed E-state index contributed by atoms with van der Waals surface area (Å²) in [7, 11) is 0. The zero-order chi connectivity index (χ0) is 8.97. The fourth-order valence-corrected chi connectivity index (χ4v) is 2.37. The second-order valence-electron chi connectivity index (χ2n) is 2.43. The van der Waals surface area contributed by atoms with Gasteiger partial charge in [0.25, 0.3) is 0 Å². The Morgan fingerprint density at radius 3 is 2.67 bits per heavy atom. The van der Waals surface area contributed by atoms with E-state index >= 15 is 0 Å². The lowest BCUT2D eigenvalue weighted by atomic mass is 10.1. The molecule has 68 valence electrons. The molecule has 0 fully saturated rings. The molecule has 1 rings (SSSR count). The van der Waals surface area contributed by atoms with Crippen molar-refractivity contribution in [2.24, 2.45) is 0 Å². The summed E-state index contributed by atoms with van der Waals surface area (Å²) in [5.41, 5.74) is 0. The van der Waals surface area contributed by atoms with Crippen LogP contribution in [0.3, 0.4) is 0 Å². The first-order valence-corrected chi connectivity index (χ1v) is 5.63. The van der Waals surface area contributed by atoms with E-state index in [0.717, 1.165) is 4.88 Å². The smallest absolute Gasteiger partial charge is 0.210 e. The molecule has 1 atom stereocenters. The summed E-state index contributed by atoms with van der Waals surface area (Å²) >= 11 is 4.57. The van der Waals surface area contributed by atoms with Crippen molar-refractivity contribution in [3.63, 3.8) is 0 Å². The maximum absolute atomic E-state index is 12.4. The van der Waals surface area contributed by atoms with Crippen molar-refractivity contribution >= 4 is 27.3 Å². The van der Waals surface area contributed by atoms with Gasteiger partial charge in [0.05, 0.1) is 5.92 Å². The Bertz CT molecular complexity index is 211. The number of thiophene rings is 1. The van der Waals surface area contributed by atoms with E-state index in [0.29, 0.717) is 11.8 Å². The number of hydrogen-bond donors (Lipinski definition) is 0. The van der Waals surface area contributed by atoms with E-state index in [9.17, 15) is 8.78 Å². The Morgan fingerprint density at radius 1 is 1.50 bits per heavy atom. The van der Waals surface area contributed by atoms with Gasteiger partial charge < -0.3 is 0 Å². The van der Waals surface area contributed by atoms with Crippen LogP contribution in [-0.2, 0) is 0 Å². The number of hydrogen-bond acceptors (Lipinski definition) is 1. The number of alkyl halides is 3. The van der Waals surface area contributed by atoms with Gasteiger partial charge in [0.15, 0.2) is 0 Å². The van der Waals surface area contributed by atoms with Crippen molar-refractivity contribution in [2.75, 3.05) is 5.33 Å². The normalized spacial score (nSPS) is 13.7. The summed E-state index contributed by atoms with van der Waals surface area (Å²) in [6.45, 7) is 0. The maximum atomic E-state index is 12.4. The molecule has 0 radical (unpaired) electrons. The van der Waals surface area contributed by atoms with Crippen LogP contribution in [0.5, 0.6) is 0 Å².